The molecule has 0 saturated carbocycles. The van der Waals surface area contributed by atoms with Crippen LogP contribution in [0, 0.1) is 0 Å². The Morgan fingerprint density at radius 2 is 1.74 bits per heavy atom. The molecular weight excluding hydrogens is 456 g/mol. The second-order valence-electron chi connectivity index (χ2n) is 7.99. The zero-order chi connectivity index (χ0) is 24.8. The lowest BCUT2D eigenvalue weighted by Gasteiger charge is -2.28. The van der Waals surface area contributed by atoms with E-state index in [1.54, 1.807) is 49.6 Å². The number of carbonyl (C=O) groups is 2. The monoisotopic (exact) mass is 486 g/mol. The molecule has 2 aromatic rings. The number of nitrogens with zero attached hydrogens (tertiary/aromatic N) is 2. The number of likely N-dealkylation sites (tertiary alicyclic amines) is 1. The van der Waals surface area contributed by atoms with Gasteiger partial charge in [-0.05, 0) is 68.5 Å². The van der Waals surface area contributed by atoms with Gasteiger partial charge in [-0.3, -0.25) is 9.59 Å². The van der Waals surface area contributed by atoms with Crippen LogP contribution < -0.4 is 9.47 Å². The van der Waals surface area contributed by atoms with Crippen LogP contribution in [0.15, 0.2) is 48.0 Å². The Morgan fingerprint density at radius 1 is 1.06 bits per heavy atom. The number of halogens is 1. The van der Waals surface area contributed by atoms with E-state index >= 15 is 0 Å². The molecule has 0 radical (unpaired) electrons. The van der Waals surface area contributed by atoms with Gasteiger partial charge in [-0.15, -0.1) is 0 Å². The molecule has 1 atom stereocenters. The van der Waals surface area contributed by atoms with Gasteiger partial charge in [0.1, 0.15) is 17.3 Å². The first kappa shape index (κ1) is 25.6. The fraction of sp³-hybridized carbons (Fsp3) is 0.385. The van der Waals surface area contributed by atoms with Crippen LogP contribution in [-0.2, 0) is 9.59 Å². The van der Waals surface area contributed by atoms with Crippen LogP contribution >= 0.6 is 11.6 Å². The number of hydrogen-bond acceptors (Lipinski definition) is 6. The molecule has 0 aromatic heterocycles. The van der Waals surface area contributed by atoms with E-state index in [0.29, 0.717) is 40.6 Å². The average Bonchev–Trinajstić information content (AvgIpc) is 3.11. The van der Waals surface area contributed by atoms with Gasteiger partial charge in [0.15, 0.2) is 0 Å². The number of ketones is 1. The first-order valence-electron chi connectivity index (χ1n) is 11.3. The molecule has 0 bridgehead atoms. The molecular formula is C26H31ClN2O5. The van der Waals surface area contributed by atoms with Crippen molar-refractivity contribution in [1.82, 2.24) is 9.80 Å². The quantitative estimate of drug-likeness (QED) is 0.302. The molecule has 7 nitrogen and oxygen atoms in total. The van der Waals surface area contributed by atoms with E-state index in [1.807, 2.05) is 0 Å². The summed E-state index contributed by atoms with van der Waals surface area (Å²) in [6, 6.07) is 10.9. The number of carbonyl (C=O) groups excluding carboxylic acids is 2. The van der Waals surface area contributed by atoms with E-state index in [4.69, 9.17) is 21.1 Å². The second-order valence-corrected chi connectivity index (χ2v) is 8.42. The largest absolute Gasteiger partial charge is 0.507 e. The topological polar surface area (TPSA) is 79.3 Å². The van der Waals surface area contributed by atoms with E-state index in [-0.39, 0.29) is 11.3 Å². The summed E-state index contributed by atoms with van der Waals surface area (Å²) in [4.78, 5) is 30.2. The molecule has 34 heavy (non-hydrogen) atoms. The first-order chi connectivity index (χ1) is 16.4. The minimum atomic E-state index is -0.822. The van der Waals surface area contributed by atoms with E-state index in [2.05, 4.69) is 18.7 Å². The van der Waals surface area contributed by atoms with Crippen molar-refractivity contribution in [2.24, 2.45) is 0 Å². The number of methoxy groups -OCH3 is 2. The predicted octanol–water partition coefficient (Wildman–Crippen LogP) is 4.51. The average molecular weight is 487 g/mol. The fourth-order valence-electron chi connectivity index (χ4n) is 4.25. The Bertz CT molecular complexity index is 1060. The van der Waals surface area contributed by atoms with Crippen LogP contribution in [0.4, 0.5) is 0 Å². The van der Waals surface area contributed by atoms with Crippen LogP contribution in [0.3, 0.4) is 0 Å². The Morgan fingerprint density at radius 3 is 2.32 bits per heavy atom. The van der Waals surface area contributed by atoms with Gasteiger partial charge in [-0.25, -0.2) is 0 Å². The first-order valence-corrected chi connectivity index (χ1v) is 11.7. The van der Waals surface area contributed by atoms with E-state index < -0.39 is 17.7 Å². The van der Waals surface area contributed by atoms with Crippen LogP contribution in [0.1, 0.15) is 37.4 Å². The van der Waals surface area contributed by atoms with Crippen LogP contribution in [0.2, 0.25) is 5.02 Å². The van der Waals surface area contributed by atoms with Gasteiger partial charge in [0.25, 0.3) is 11.7 Å². The number of hydrogen-bond donors (Lipinski definition) is 1. The van der Waals surface area contributed by atoms with Crippen molar-refractivity contribution in [3.63, 3.8) is 0 Å². The lowest BCUT2D eigenvalue weighted by Crippen LogP contribution is -2.33. The molecule has 1 heterocycles. The number of aliphatic hydroxyl groups excluding tert-OH is 1. The lowest BCUT2D eigenvalue weighted by atomic mass is 9.94. The molecule has 1 fully saturated rings. The maximum absolute atomic E-state index is 13.2. The van der Waals surface area contributed by atoms with Gasteiger partial charge >= 0.3 is 0 Å². The Hall–Kier alpha value is -3.03. The lowest BCUT2D eigenvalue weighted by molar-refractivity contribution is -0.140. The van der Waals surface area contributed by atoms with Crippen LogP contribution in [0.25, 0.3) is 5.76 Å². The van der Waals surface area contributed by atoms with Crippen molar-refractivity contribution in [3.8, 4) is 11.5 Å². The minimum Gasteiger partial charge on any atom is -0.507 e. The highest BCUT2D eigenvalue weighted by Crippen LogP contribution is 2.44. The fourth-order valence-corrected chi connectivity index (χ4v) is 4.38. The van der Waals surface area contributed by atoms with Crippen LogP contribution in [-0.4, -0.2) is 67.0 Å². The van der Waals surface area contributed by atoms with Gasteiger partial charge in [-0.1, -0.05) is 25.4 Å². The standard InChI is InChI=1S/C26H31ClN2O5/c1-5-28(6-2)14-7-15-29-23(20-16-19(33-3)12-13-21(20)34-4)22(25(31)26(29)32)24(30)17-8-10-18(27)11-9-17/h8-13,16,23,30H,5-7,14-15H2,1-4H3/b24-22+/t23-/m1/s1. The van der Waals surface area contributed by atoms with Crippen molar-refractivity contribution in [2.45, 2.75) is 26.3 Å². The molecule has 0 aliphatic carbocycles. The summed E-state index contributed by atoms with van der Waals surface area (Å²) in [5.74, 6) is -0.592. The molecule has 2 aromatic carbocycles. The van der Waals surface area contributed by atoms with Crippen molar-refractivity contribution in [3.05, 3.63) is 64.2 Å². The van der Waals surface area contributed by atoms with E-state index in [9.17, 15) is 14.7 Å². The van der Waals surface area contributed by atoms with Crippen molar-refractivity contribution in [1.29, 1.82) is 0 Å². The van der Waals surface area contributed by atoms with Crippen molar-refractivity contribution in [2.75, 3.05) is 40.4 Å². The third kappa shape index (κ3) is 5.21. The van der Waals surface area contributed by atoms with Gasteiger partial charge in [0.05, 0.1) is 25.8 Å². The number of ether oxygens (including phenoxy) is 2. The van der Waals surface area contributed by atoms with E-state index in [1.165, 1.54) is 12.0 Å². The summed E-state index contributed by atoms with van der Waals surface area (Å²) in [6.07, 6.45) is 0.679. The second kappa shape index (κ2) is 11.4. The Labute approximate surface area is 205 Å². The zero-order valence-electron chi connectivity index (χ0n) is 20.0. The number of benzene rings is 2. The van der Waals surface area contributed by atoms with Gasteiger partial charge in [0, 0.05) is 22.7 Å². The highest BCUT2D eigenvalue weighted by Gasteiger charge is 2.47. The number of Topliss-reactive ketones (excluding diaryl/α,β-unsaturated/α-hetero) is 1. The summed E-state index contributed by atoms with van der Waals surface area (Å²) in [7, 11) is 3.07. The van der Waals surface area contributed by atoms with Crippen LogP contribution in [0.5, 0.6) is 11.5 Å². The molecule has 1 amide bonds. The number of amides is 1. The summed E-state index contributed by atoms with van der Waals surface area (Å²) < 4.78 is 11.0. The molecule has 0 unspecified atom stereocenters. The summed E-state index contributed by atoms with van der Waals surface area (Å²) in [5.41, 5.74) is 0.985. The third-order valence-corrected chi connectivity index (χ3v) is 6.41. The molecule has 1 saturated heterocycles. The Kier molecular flexibility index (Phi) is 8.58. The zero-order valence-corrected chi connectivity index (χ0v) is 20.8. The molecule has 0 spiro atoms. The third-order valence-electron chi connectivity index (χ3n) is 6.16. The Balaban J connectivity index is 2.13. The smallest absolute Gasteiger partial charge is 0.295 e. The SMILES string of the molecule is CCN(CC)CCCN1C(=O)C(=O)/C(=C(/O)c2ccc(Cl)cc2)[C@H]1c1cc(OC)ccc1OC. The molecule has 3 rings (SSSR count). The van der Waals surface area contributed by atoms with Crippen molar-refractivity contribution < 1.29 is 24.2 Å². The summed E-state index contributed by atoms with van der Waals surface area (Å²) >= 11 is 5.99. The normalized spacial score (nSPS) is 17.5. The maximum atomic E-state index is 13.2. The summed E-state index contributed by atoms with van der Waals surface area (Å²) in [5, 5.41) is 11.7. The molecule has 8 heteroatoms. The number of rotatable bonds is 10. The van der Waals surface area contributed by atoms with Gasteiger partial charge < -0.3 is 24.4 Å². The molecule has 1 N–H and O–H groups in total. The van der Waals surface area contributed by atoms with Crippen molar-refractivity contribution >= 4 is 29.1 Å². The molecule has 1 aliphatic rings. The highest BCUT2D eigenvalue weighted by molar-refractivity contribution is 6.46. The maximum Gasteiger partial charge on any atom is 0.295 e. The van der Waals surface area contributed by atoms with Gasteiger partial charge in [-0.2, -0.15) is 0 Å². The minimum absolute atomic E-state index is 0.0155. The molecule has 1 aliphatic heterocycles. The van der Waals surface area contributed by atoms with E-state index in [0.717, 1.165) is 19.6 Å². The number of aliphatic hydroxyl groups is 1. The molecule has 182 valence electrons. The summed E-state index contributed by atoms with van der Waals surface area (Å²) in [6.45, 7) is 7.11. The predicted molar refractivity (Wildman–Crippen MR) is 132 cm³/mol. The van der Waals surface area contributed by atoms with Gasteiger partial charge in [0.2, 0.25) is 0 Å². The highest BCUT2D eigenvalue weighted by atomic mass is 35.5.